The van der Waals surface area contributed by atoms with Gasteiger partial charge in [0, 0.05) is 11.7 Å². The Hall–Kier alpha value is -2.62. The molecule has 0 unspecified atom stereocenters. The highest BCUT2D eigenvalue weighted by atomic mass is 15.4. The van der Waals surface area contributed by atoms with E-state index in [-0.39, 0.29) is 0 Å². The molecule has 1 aliphatic heterocycles. The van der Waals surface area contributed by atoms with Gasteiger partial charge in [-0.15, -0.1) is 0 Å². The van der Waals surface area contributed by atoms with Crippen LogP contribution in [0.2, 0.25) is 0 Å². The smallest absolute Gasteiger partial charge is 0.157 e. The van der Waals surface area contributed by atoms with Gasteiger partial charge in [-0.1, -0.05) is 30.3 Å². The molecule has 0 N–H and O–H groups in total. The van der Waals surface area contributed by atoms with Gasteiger partial charge in [-0.25, -0.2) is 9.97 Å². The van der Waals surface area contributed by atoms with Crippen LogP contribution in [0.25, 0.3) is 10.8 Å². The molecule has 0 radical (unpaired) electrons. The minimum absolute atomic E-state index is 0.402. The molecule has 2 heterocycles. The third-order valence-electron chi connectivity index (χ3n) is 4.20. The summed E-state index contributed by atoms with van der Waals surface area (Å²) in [6.45, 7) is 5.19. The predicted octanol–water partition coefficient (Wildman–Crippen LogP) is 3.95. The molecule has 4 nitrogen and oxygen atoms in total. The second-order valence-corrected chi connectivity index (χ2v) is 5.90. The van der Waals surface area contributed by atoms with Crippen molar-refractivity contribution in [2.24, 2.45) is 0 Å². The summed E-state index contributed by atoms with van der Waals surface area (Å²) in [5.41, 5.74) is 2.25. The lowest BCUT2D eigenvalue weighted by molar-refractivity contribution is 0.702. The zero-order valence-corrected chi connectivity index (χ0v) is 12.8. The van der Waals surface area contributed by atoms with Crippen LogP contribution in [0.15, 0.2) is 55.0 Å². The van der Waals surface area contributed by atoms with Gasteiger partial charge in [-0.2, -0.15) is 0 Å². The number of nitrogens with zero attached hydrogens (tertiary/aromatic N) is 4. The number of hydrogen-bond acceptors (Lipinski definition) is 4. The Bertz CT molecular complexity index is 828. The highest BCUT2D eigenvalue weighted by Crippen LogP contribution is 2.39. The molecular formula is C18H18N4. The third kappa shape index (κ3) is 1.99. The standard InChI is InChI=1S/C18H18N4/c1-13(2)21-12-22(17-10-19-11-20-18(17)21)16-8-7-14-5-3-4-6-15(14)9-16/h3-11,13H,12H2,1-2H3. The lowest BCUT2D eigenvalue weighted by atomic mass is 10.1. The van der Waals surface area contributed by atoms with Gasteiger partial charge in [0.25, 0.3) is 0 Å². The van der Waals surface area contributed by atoms with E-state index in [1.165, 1.54) is 16.5 Å². The minimum atomic E-state index is 0.402. The average molecular weight is 290 g/mol. The summed E-state index contributed by atoms with van der Waals surface area (Å²) in [5, 5.41) is 2.51. The quantitative estimate of drug-likeness (QED) is 0.715. The highest BCUT2D eigenvalue weighted by molar-refractivity contribution is 5.88. The number of benzene rings is 2. The maximum atomic E-state index is 4.47. The molecule has 1 aliphatic rings. The molecule has 3 aromatic rings. The Labute approximate surface area is 130 Å². The fraction of sp³-hybridized carbons (Fsp3) is 0.222. The van der Waals surface area contributed by atoms with E-state index in [2.05, 4.69) is 76.1 Å². The number of anilines is 3. The van der Waals surface area contributed by atoms with Crippen LogP contribution in [0.4, 0.5) is 17.2 Å². The van der Waals surface area contributed by atoms with Crippen molar-refractivity contribution in [3.63, 3.8) is 0 Å². The predicted molar refractivity (Wildman–Crippen MR) is 90.6 cm³/mol. The van der Waals surface area contributed by atoms with Gasteiger partial charge in [0.15, 0.2) is 5.82 Å². The highest BCUT2D eigenvalue weighted by Gasteiger charge is 2.29. The largest absolute Gasteiger partial charge is 0.334 e. The van der Waals surface area contributed by atoms with Crippen LogP contribution < -0.4 is 9.80 Å². The summed E-state index contributed by atoms with van der Waals surface area (Å²) in [5.74, 6) is 1.01. The van der Waals surface area contributed by atoms with Gasteiger partial charge < -0.3 is 9.80 Å². The molecule has 4 rings (SSSR count). The van der Waals surface area contributed by atoms with Gasteiger partial charge in [0.1, 0.15) is 12.0 Å². The van der Waals surface area contributed by atoms with Crippen LogP contribution in [0.3, 0.4) is 0 Å². The van der Waals surface area contributed by atoms with Gasteiger partial charge >= 0.3 is 0 Å². The van der Waals surface area contributed by atoms with Crippen LogP contribution in [0.1, 0.15) is 13.8 Å². The van der Waals surface area contributed by atoms with E-state index in [1.54, 1.807) is 6.33 Å². The van der Waals surface area contributed by atoms with E-state index in [1.807, 2.05) is 6.20 Å². The van der Waals surface area contributed by atoms with Crippen molar-refractivity contribution in [2.45, 2.75) is 19.9 Å². The monoisotopic (exact) mass is 290 g/mol. The maximum absolute atomic E-state index is 4.47. The number of fused-ring (bicyclic) bond motifs is 2. The van der Waals surface area contributed by atoms with Crippen LogP contribution in [0.5, 0.6) is 0 Å². The fourth-order valence-electron chi connectivity index (χ4n) is 3.00. The second kappa shape index (κ2) is 4.98. The molecule has 110 valence electrons. The lowest BCUT2D eigenvalue weighted by Crippen LogP contribution is -2.33. The molecule has 0 saturated carbocycles. The molecule has 0 fully saturated rings. The van der Waals surface area contributed by atoms with Crippen molar-refractivity contribution in [1.29, 1.82) is 0 Å². The molecule has 0 bridgehead atoms. The number of aromatic nitrogens is 2. The van der Waals surface area contributed by atoms with Crippen molar-refractivity contribution in [2.75, 3.05) is 16.5 Å². The maximum Gasteiger partial charge on any atom is 0.157 e. The molecule has 22 heavy (non-hydrogen) atoms. The van der Waals surface area contributed by atoms with Crippen LogP contribution >= 0.6 is 0 Å². The van der Waals surface area contributed by atoms with Crippen LogP contribution in [-0.4, -0.2) is 22.7 Å². The van der Waals surface area contributed by atoms with E-state index in [4.69, 9.17) is 0 Å². The first-order chi connectivity index (χ1) is 10.7. The van der Waals surface area contributed by atoms with Gasteiger partial charge in [-0.05, 0) is 36.8 Å². The van der Waals surface area contributed by atoms with Crippen LogP contribution in [0, 0.1) is 0 Å². The summed E-state index contributed by atoms with van der Waals surface area (Å²) in [4.78, 5) is 13.3. The topological polar surface area (TPSA) is 32.3 Å². The average Bonchev–Trinajstić information content (AvgIpc) is 2.94. The Morgan fingerprint density at radius 1 is 1.05 bits per heavy atom. The molecule has 0 saturated heterocycles. The van der Waals surface area contributed by atoms with Crippen molar-refractivity contribution in [3.8, 4) is 0 Å². The fourth-order valence-corrected chi connectivity index (χ4v) is 3.00. The molecule has 0 amide bonds. The summed E-state index contributed by atoms with van der Waals surface area (Å²) in [7, 11) is 0. The van der Waals surface area contributed by atoms with Gasteiger partial charge in [0.05, 0.1) is 12.9 Å². The third-order valence-corrected chi connectivity index (χ3v) is 4.20. The Morgan fingerprint density at radius 2 is 1.86 bits per heavy atom. The first kappa shape index (κ1) is 13.1. The van der Waals surface area contributed by atoms with Crippen LogP contribution in [-0.2, 0) is 0 Å². The summed E-state index contributed by atoms with van der Waals surface area (Å²) >= 11 is 0. The lowest BCUT2D eigenvalue weighted by Gasteiger charge is -2.24. The van der Waals surface area contributed by atoms with E-state index >= 15 is 0 Å². The van der Waals surface area contributed by atoms with E-state index in [9.17, 15) is 0 Å². The summed E-state index contributed by atoms with van der Waals surface area (Å²) in [6, 6.07) is 15.4. The first-order valence-corrected chi connectivity index (χ1v) is 7.57. The summed E-state index contributed by atoms with van der Waals surface area (Å²) < 4.78 is 0. The number of rotatable bonds is 2. The summed E-state index contributed by atoms with van der Waals surface area (Å²) in [6.07, 6.45) is 3.53. The normalized spacial score (nSPS) is 14.0. The van der Waals surface area contributed by atoms with Crippen molar-refractivity contribution < 1.29 is 0 Å². The van der Waals surface area contributed by atoms with E-state index < -0.39 is 0 Å². The van der Waals surface area contributed by atoms with Gasteiger partial charge in [0.2, 0.25) is 0 Å². The SMILES string of the molecule is CC(C)N1CN(c2ccc3ccccc3c2)c2cncnc21. The van der Waals surface area contributed by atoms with Crippen molar-refractivity contribution in [3.05, 3.63) is 55.0 Å². The molecule has 0 atom stereocenters. The zero-order chi connectivity index (χ0) is 15.1. The minimum Gasteiger partial charge on any atom is -0.334 e. The molecule has 2 aromatic carbocycles. The first-order valence-electron chi connectivity index (χ1n) is 7.57. The molecule has 1 aromatic heterocycles. The van der Waals surface area contributed by atoms with E-state index in [0.29, 0.717) is 6.04 Å². The Morgan fingerprint density at radius 3 is 2.68 bits per heavy atom. The Balaban J connectivity index is 1.81. The molecule has 4 heteroatoms. The molecular weight excluding hydrogens is 272 g/mol. The Kier molecular flexibility index (Phi) is 2.96. The van der Waals surface area contributed by atoms with Crippen molar-refractivity contribution >= 4 is 28.0 Å². The van der Waals surface area contributed by atoms with Crippen molar-refractivity contribution in [1.82, 2.24) is 9.97 Å². The molecule has 0 spiro atoms. The second-order valence-electron chi connectivity index (χ2n) is 5.90. The number of hydrogen-bond donors (Lipinski definition) is 0. The van der Waals surface area contributed by atoms with E-state index in [0.717, 1.165) is 18.2 Å². The molecule has 0 aliphatic carbocycles. The zero-order valence-electron chi connectivity index (χ0n) is 12.8. The van der Waals surface area contributed by atoms with Gasteiger partial charge in [-0.3, -0.25) is 0 Å².